The summed E-state index contributed by atoms with van der Waals surface area (Å²) < 4.78 is 0. The summed E-state index contributed by atoms with van der Waals surface area (Å²) in [5.41, 5.74) is 0. The molecule has 1 N–H and O–H groups in total. The summed E-state index contributed by atoms with van der Waals surface area (Å²) in [6.45, 7) is 5.35. The van der Waals surface area contributed by atoms with Crippen molar-refractivity contribution in [1.82, 2.24) is 5.32 Å². The molecule has 1 aliphatic carbocycles. The van der Waals surface area contributed by atoms with Gasteiger partial charge in [-0.2, -0.15) is 0 Å². The van der Waals surface area contributed by atoms with Gasteiger partial charge >= 0.3 is 0 Å². The maximum Gasteiger partial charge on any atom is 0.00912 e. The molecule has 0 amide bonds. The highest BCUT2D eigenvalue weighted by atomic mass is 14.9. The Morgan fingerprint density at radius 2 is 2.21 bits per heavy atom. The van der Waals surface area contributed by atoms with Crippen LogP contribution in [-0.2, 0) is 0 Å². The summed E-state index contributed by atoms with van der Waals surface area (Å²) in [6, 6.07) is 0.800. The molecule has 0 aromatic carbocycles. The first-order valence-corrected chi connectivity index (χ1v) is 5.99. The van der Waals surface area contributed by atoms with Crippen LogP contribution in [-0.4, -0.2) is 12.6 Å². The third-order valence-electron chi connectivity index (χ3n) is 3.08. The maximum absolute atomic E-state index is 3.62. The fourth-order valence-electron chi connectivity index (χ4n) is 2.27. The number of hydrogen-bond donors (Lipinski definition) is 1. The van der Waals surface area contributed by atoms with Gasteiger partial charge in [-0.1, -0.05) is 6.92 Å². The van der Waals surface area contributed by atoms with Crippen LogP contribution in [0.3, 0.4) is 0 Å². The Morgan fingerprint density at radius 3 is 2.93 bits per heavy atom. The number of hydrogen-bond acceptors (Lipinski definition) is 1. The van der Waals surface area contributed by atoms with Crippen LogP contribution in [0.1, 0.15) is 52.4 Å². The van der Waals surface area contributed by atoms with E-state index in [4.69, 9.17) is 0 Å². The van der Waals surface area contributed by atoms with E-state index in [2.05, 4.69) is 24.1 Å². The molecule has 14 heavy (non-hydrogen) atoms. The SMILES string of the molecule is CC#CCCC1CCC(NCCC)C1. The zero-order valence-corrected chi connectivity index (χ0v) is 9.60. The zero-order valence-electron chi connectivity index (χ0n) is 9.60. The third-order valence-corrected chi connectivity index (χ3v) is 3.08. The van der Waals surface area contributed by atoms with Crippen molar-refractivity contribution in [2.24, 2.45) is 5.92 Å². The van der Waals surface area contributed by atoms with Crippen molar-refractivity contribution in [3.8, 4) is 11.8 Å². The second-order valence-electron chi connectivity index (χ2n) is 4.30. The van der Waals surface area contributed by atoms with Crippen molar-refractivity contribution in [2.75, 3.05) is 6.54 Å². The fourth-order valence-corrected chi connectivity index (χ4v) is 2.27. The number of nitrogens with one attached hydrogen (secondary N) is 1. The smallest absolute Gasteiger partial charge is 0.00912 e. The lowest BCUT2D eigenvalue weighted by molar-refractivity contribution is 0.468. The quantitative estimate of drug-likeness (QED) is 0.662. The summed E-state index contributed by atoms with van der Waals surface area (Å²) in [7, 11) is 0. The molecule has 1 heteroatoms. The Hall–Kier alpha value is -0.480. The second kappa shape index (κ2) is 6.90. The molecular formula is C13H23N. The van der Waals surface area contributed by atoms with Crippen molar-refractivity contribution in [3.63, 3.8) is 0 Å². The monoisotopic (exact) mass is 193 g/mol. The largest absolute Gasteiger partial charge is 0.314 e. The van der Waals surface area contributed by atoms with Gasteiger partial charge in [-0.25, -0.2) is 0 Å². The van der Waals surface area contributed by atoms with Crippen LogP contribution in [0.2, 0.25) is 0 Å². The van der Waals surface area contributed by atoms with Gasteiger partial charge in [-0.3, -0.25) is 0 Å². The van der Waals surface area contributed by atoms with E-state index in [-0.39, 0.29) is 0 Å². The molecular weight excluding hydrogens is 170 g/mol. The summed E-state index contributed by atoms with van der Waals surface area (Å²) >= 11 is 0. The van der Waals surface area contributed by atoms with Crippen molar-refractivity contribution in [3.05, 3.63) is 0 Å². The Kier molecular flexibility index (Phi) is 5.71. The van der Waals surface area contributed by atoms with Crippen LogP contribution >= 0.6 is 0 Å². The molecule has 2 atom stereocenters. The molecule has 0 aromatic heterocycles. The van der Waals surface area contributed by atoms with Gasteiger partial charge in [0.25, 0.3) is 0 Å². The van der Waals surface area contributed by atoms with Gasteiger partial charge in [0.05, 0.1) is 0 Å². The first-order chi connectivity index (χ1) is 6.86. The first kappa shape index (κ1) is 11.6. The molecule has 0 aliphatic heterocycles. The summed E-state index contributed by atoms with van der Waals surface area (Å²) in [5, 5.41) is 3.62. The van der Waals surface area contributed by atoms with Crippen LogP contribution in [0.15, 0.2) is 0 Å². The molecule has 2 unspecified atom stereocenters. The van der Waals surface area contributed by atoms with Crippen LogP contribution in [0, 0.1) is 17.8 Å². The summed E-state index contributed by atoms with van der Waals surface area (Å²) in [6.07, 6.45) is 7.83. The highest BCUT2D eigenvalue weighted by Gasteiger charge is 2.22. The van der Waals surface area contributed by atoms with E-state index in [0.717, 1.165) is 18.4 Å². The summed E-state index contributed by atoms with van der Waals surface area (Å²) in [5.74, 6) is 7.07. The molecule has 80 valence electrons. The van der Waals surface area contributed by atoms with Crippen molar-refractivity contribution in [1.29, 1.82) is 0 Å². The Labute approximate surface area is 88.7 Å². The molecule has 0 heterocycles. The van der Waals surface area contributed by atoms with Crippen LogP contribution in [0.5, 0.6) is 0 Å². The zero-order chi connectivity index (χ0) is 10.2. The molecule has 1 nitrogen and oxygen atoms in total. The Bertz CT molecular complexity index is 199. The lowest BCUT2D eigenvalue weighted by Crippen LogP contribution is -2.26. The van der Waals surface area contributed by atoms with E-state index in [1.54, 1.807) is 0 Å². The molecule has 1 fully saturated rings. The average molecular weight is 193 g/mol. The maximum atomic E-state index is 3.62. The van der Waals surface area contributed by atoms with Gasteiger partial charge in [0.15, 0.2) is 0 Å². The molecule has 0 radical (unpaired) electrons. The molecule has 0 spiro atoms. The van der Waals surface area contributed by atoms with Gasteiger partial charge in [0.2, 0.25) is 0 Å². The molecule has 0 saturated heterocycles. The highest BCUT2D eigenvalue weighted by molar-refractivity contribution is 4.95. The highest BCUT2D eigenvalue weighted by Crippen LogP contribution is 2.28. The second-order valence-corrected chi connectivity index (χ2v) is 4.30. The molecule has 1 aliphatic rings. The van der Waals surface area contributed by atoms with E-state index >= 15 is 0 Å². The number of rotatable bonds is 5. The van der Waals surface area contributed by atoms with E-state index in [9.17, 15) is 0 Å². The van der Waals surface area contributed by atoms with Crippen LogP contribution < -0.4 is 5.32 Å². The molecule has 1 saturated carbocycles. The Morgan fingerprint density at radius 1 is 1.36 bits per heavy atom. The fraction of sp³-hybridized carbons (Fsp3) is 0.846. The van der Waals surface area contributed by atoms with Gasteiger partial charge in [0.1, 0.15) is 0 Å². The van der Waals surface area contributed by atoms with Gasteiger partial charge in [-0.15, -0.1) is 11.8 Å². The van der Waals surface area contributed by atoms with E-state index in [1.807, 2.05) is 6.92 Å². The van der Waals surface area contributed by atoms with Gasteiger partial charge in [-0.05, 0) is 51.5 Å². The minimum absolute atomic E-state index is 0.800. The standard InChI is InChI=1S/C13H23N/c1-3-5-6-7-12-8-9-13(11-12)14-10-4-2/h12-14H,4,6-11H2,1-2H3. The lowest BCUT2D eigenvalue weighted by Gasteiger charge is -2.11. The normalized spacial score (nSPS) is 25.9. The van der Waals surface area contributed by atoms with Crippen LogP contribution in [0.4, 0.5) is 0 Å². The molecule has 1 rings (SSSR count). The third kappa shape index (κ3) is 4.15. The van der Waals surface area contributed by atoms with E-state index in [0.29, 0.717) is 0 Å². The molecule has 0 bridgehead atoms. The minimum atomic E-state index is 0.800. The van der Waals surface area contributed by atoms with Crippen molar-refractivity contribution >= 4 is 0 Å². The van der Waals surface area contributed by atoms with Crippen LogP contribution in [0.25, 0.3) is 0 Å². The van der Waals surface area contributed by atoms with E-state index < -0.39 is 0 Å². The predicted molar refractivity (Wildman–Crippen MR) is 62.1 cm³/mol. The average Bonchev–Trinajstić information content (AvgIpc) is 2.63. The van der Waals surface area contributed by atoms with Gasteiger partial charge < -0.3 is 5.32 Å². The Balaban J connectivity index is 2.09. The summed E-state index contributed by atoms with van der Waals surface area (Å²) in [4.78, 5) is 0. The van der Waals surface area contributed by atoms with Crippen molar-refractivity contribution in [2.45, 2.75) is 58.4 Å². The first-order valence-electron chi connectivity index (χ1n) is 5.99. The predicted octanol–water partition coefficient (Wildman–Crippen LogP) is 2.96. The minimum Gasteiger partial charge on any atom is -0.314 e. The lowest BCUT2D eigenvalue weighted by atomic mass is 10.0. The molecule has 0 aromatic rings. The van der Waals surface area contributed by atoms with E-state index in [1.165, 1.54) is 38.6 Å². The van der Waals surface area contributed by atoms with Gasteiger partial charge in [0, 0.05) is 12.5 Å². The topological polar surface area (TPSA) is 12.0 Å². The van der Waals surface area contributed by atoms with Crippen molar-refractivity contribution < 1.29 is 0 Å².